The molecular formula is C12H23N3O7. The van der Waals surface area contributed by atoms with Crippen LogP contribution in [0.1, 0.15) is 0 Å². The largest absolute Gasteiger partial charge is 0.387 e. The summed E-state index contributed by atoms with van der Waals surface area (Å²) >= 11 is 0. The summed E-state index contributed by atoms with van der Waals surface area (Å²) in [5, 5.41) is 13.4. The number of hydrogen-bond donors (Lipinski definition) is 4. The molecule has 0 heterocycles. The number of carbonyl (C=O) groups is 3. The van der Waals surface area contributed by atoms with E-state index >= 15 is 0 Å². The topological polar surface area (TPSA) is 149 Å². The van der Waals surface area contributed by atoms with E-state index in [0.717, 1.165) is 0 Å². The molecule has 0 aliphatic rings. The molecule has 0 bridgehead atoms. The van der Waals surface area contributed by atoms with Gasteiger partial charge in [-0.3, -0.25) is 14.4 Å². The van der Waals surface area contributed by atoms with Gasteiger partial charge in [-0.1, -0.05) is 0 Å². The first-order valence-electron chi connectivity index (χ1n) is 6.72. The molecule has 0 rings (SSSR count). The number of nitrogens with one attached hydrogen (secondary N) is 2. The lowest BCUT2D eigenvalue weighted by atomic mass is 10.5. The second-order valence-electron chi connectivity index (χ2n) is 4.04. The van der Waals surface area contributed by atoms with Gasteiger partial charge in [0, 0.05) is 13.1 Å². The van der Waals surface area contributed by atoms with Crippen LogP contribution in [0.2, 0.25) is 0 Å². The summed E-state index contributed by atoms with van der Waals surface area (Å²) in [6.45, 7) is 0.905. The third-order valence-electron chi connectivity index (χ3n) is 2.13. The normalized spacial score (nSPS) is 10.2. The van der Waals surface area contributed by atoms with E-state index in [1.807, 2.05) is 0 Å². The van der Waals surface area contributed by atoms with Crippen molar-refractivity contribution in [3.05, 3.63) is 0 Å². The number of hydrogen-bond acceptors (Lipinski definition) is 7. The van der Waals surface area contributed by atoms with E-state index in [-0.39, 0.29) is 19.1 Å². The molecule has 128 valence electrons. The van der Waals surface area contributed by atoms with Crippen LogP contribution in [0.25, 0.3) is 0 Å². The lowest BCUT2D eigenvalue weighted by molar-refractivity contribution is -0.129. The summed E-state index contributed by atoms with van der Waals surface area (Å²) in [4.78, 5) is 32.2. The van der Waals surface area contributed by atoms with Gasteiger partial charge in [-0.15, -0.1) is 0 Å². The van der Waals surface area contributed by atoms with Crippen LogP contribution >= 0.6 is 0 Å². The maximum atomic E-state index is 11.2. The molecule has 0 aromatic heterocycles. The number of amides is 3. The van der Waals surface area contributed by atoms with E-state index in [4.69, 9.17) is 25.1 Å². The van der Waals surface area contributed by atoms with Crippen LogP contribution < -0.4 is 16.4 Å². The molecule has 0 aromatic carbocycles. The summed E-state index contributed by atoms with van der Waals surface area (Å²) in [6, 6.07) is 0. The molecule has 0 aliphatic heterocycles. The van der Waals surface area contributed by atoms with Crippen LogP contribution in [0.4, 0.5) is 0 Å². The number of aliphatic hydroxyl groups excluding tert-OH is 1. The van der Waals surface area contributed by atoms with E-state index in [1.165, 1.54) is 0 Å². The average Bonchev–Trinajstić information content (AvgIpc) is 2.48. The summed E-state index contributed by atoms with van der Waals surface area (Å²) in [7, 11) is 0. The predicted octanol–water partition coefficient (Wildman–Crippen LogP) is -3.25. The van der Waals surface area contributed by atoms with Gasteiger partial charge in [0.15, 0.2) is 0 Å². The first-order valence-corrected chi connectivity index (χ1v) is 6.72. The Balaban J connectivity index is 3.21. The van der Waals surface area contributed by atoms with Crippen LogP contribution in [0.5, 0.6) is 0 Å². The monoisotopic (exact) mass is 321 g/mol. The van der Waals surface area contributed by atoms with Crippen molar-refractivity contribution in [2.24, 2.45) is 5.73 Å². The Morgan fingerprint density at radius 1 is 0.818 bits per heavy atom. The fourth-order valence-electron chi connectivity index (χ4n) is 1.20. The Bertz CT molecular complexity index is 339. The number of nitrogens with two attached hydrogens (primary N) is 1. The van der Waals surface area contributed by atoms with Crippen LogP contribution in [-0.4, -0.2) is 82.2 Å². The Labute approximate surface area is 128 Å². The molecule has 0 spiro atoms. The molecule has 0 aromatic rings. The molecule has 0 unspecified atom stereocenters. The van der Waals surface area contributed by atoms with E-state index < -0.39 is 18.4 Å². The first kappa shape index (κ1) is 20.2. The smallest absolute Gasteiger partial charge is 0.246 e. The molecule has 0 saturated carbocycles. The average molecular weight is 321 g/mol. The van der Waals surface area contributed by atoms with Crippen molar-refractivity contribution in [1.29, 1.82) is 0 Å². The van der Waals surface area contributed by atoms with E-state index in [2.05, 4.69) is 10.6 Å². The third-order valence-corrected chi connectivity index (χ3v) is 2.13. The second-order valence-corrected chi connectivity index (χ2v) is 4.04. The van der Waals surface area contributed by atoms with Crippen molar-refractivity contribution in [1.82, 2.24) is 10.6 Å². The summed E-state index contributed by atoms with van der Waals surface area (Å²) < 4.78 is 15.1. The van der Waals surface area contributed by atoms with Gasteiger partial charge >= 0.3 is 0 Å². The lowest BCUT2D eigenvalue weighted by Gasteiger charge is -2.07. The second kappa shape index (κ2) is 14.2. The highest BCUT2D eigenvalue weighted by Gasteiger charge is 2.02. The van der Waals surface area contributed by atoms with Gasteiger partial charge in [0.05, 0.1) is 26.4 Å². The number of rotatable bonds is 14. The summed E-state index contributed by atoms with van der Waals surface area (Å²) in [6.07, 6.45) is 0. The molecular weight excluding hydrogens is 298 g/mol. The van der Waals surface area contributed by atoms with Gasteiger partial charge in [0.25, 0.3) is 0 Å². The summed E-state index contributed by atoms with van der Waals surface area (Å²) in [5.74, 6) is -1.44. The fourth-order valence-corrected chi connectivity index (χ4v) is 1.20. The third kappa shape index (κ3) is 14.7. The molecule has 0 atom stereocenters. The molecule has 5 N–H and O–H groups in total. The zero-order valence-corrected chi connectivity index (χ0v) is 12.3. The van der Waals surface area contributed by atoms with E-state index in [0.29, 0.717) is 39.5 Å². The molecule has 3 amide bonds. The van der Waals surface area contributed by atoms with Gasteiger partial charge in [-0.2, -0.15) is 0 Å². The van der Waals surface area contributed by atoms with Crippen molar-refractivity contribution in [2.75, 3.05) is 59.3 Å². The maximum absolute atomic E-state index is 11.2. The molecule has 22 heavy (non-hydrogen) atoms. The number of primary amides is 1. The van der Waals surface area contributed by atoms with Crippen molar-refractivity contribution in [3.63, 3.8) is 0 Å². The number of aliphatic hydroxyl groups is 1. The first-order chi connectivity index (χ1) is 10.6. The van der Waals surface area contributed by atoms with Crippen molar-refractivity contribution >= 4 is 17.7 Å². The van der Waals surface area contributed by atoms with Gasteiger partial charge in [0.1, 0.15) is 19.8 Å². The van der Waals surface area contributed by atoms with Gasteiger partial charge < -0.3 is 35.7 Å². The SMILES string of the molecule is NC(=O)COCC(=O)NCCOCCOCCNC(=O)CO. The Kier molecular flexibility index (Phi) is 13.1. The molecule has 10 heteroatoms. The Morgan fingerprint density at radius 2 is 1.36 bits per heavy atom. The van der Waals surface area contributed by atoms with Crippen molar-refractivity contribution in [2.45, 2.75) is 0 Å². The number of carbonyl (C=O) groups excluding carboxylic acids is 3. The fraction of sp³-hybridized carbons (Fsp3) is 0.750. The standard InChI is InChI=1S/C12H23N3O7/c13-10(17)8-22-9-12(19)15-2-4-21-6-5-20-3-1-14-11(18)7-16/h16H,1-9H2,(H2,13,17)(H,14,18)(H,15,19). The Hall–Kier alpha value is -1.75. The van der Waals surface area contributed by atoms with E-state index in [9.17, 15) is 14.4 Å². The predicted molar refractivity (Wildman–Crippen MR) is 74.8 cm³/mol. The quantitative estimate of drug-likeness (QED) is 0.245. The minimum atomic E-state index is -0.632. The molecule has 0 radical (unpaired) electrons. The van der Waals surface area contributed by atoms with Gasteiger partial charge in [-0.05, 0) is 0 Å². The molecule has 10 nitrogen and oxygen atoms in total. The molecule has 0 aliphatic carbocycles. The van der Waals surface area contributed by atoms with Gasteiger partial charge in [0.2, 0.25) is 17.7 Å². The number of ether oxygens (including phenoxy) is 3. The minimum absolute atomic E-state index is 0.231. The van der Waals surface area contributed by atoms with Crippen LogP contribution in [0.3, 0.4) is 0 Å². The highest BCUT2D eigenvalue weighted by molar-refractivity contribution is 5.78. The van der Waals surface area contributed by atoms with Gasteiger partial charge in [-0.25, -0.2) is 0 Å². The Morgan fingerprint density at radius 3 is 1.86 bits per heavy atom. The van der Waals surface area contributed by atoms with E-state index in [1.54, 1.807) is 0 Å². The van der Waals surface area contributed by atoms with Crippen molar-refractivity contribution < 1.29 is 33.7 Å². The molecule has 0 saturated heterocycles. The lowest BCUT2D eigenvalue weighted by Crippen LogP contribution is -2.32. The van der Waals surface area contributed by atoms with Crippen LogP contribution in [0, 0.1) is 0 Å². The molecule has 0 fully saturated rings. The summed E-state index contributed by atoms with van der Waals surface area (Å²) in [5.41, 5.74) is 4.84. The minimum Gasteiger partial charge on any atom is -0.387 e. The highest BCUT2D eigenvalue weighted by Crippen LogP contribution is 1.79. The van der Waals surface area contributed by atoms with Crippen LogP contribution in [0.15, 0.2) is 0 Å². The zero-order valence-electron chi connectivity index (χ0n) is 12.3. The van der Waals surface area contributed by atoms with Crippen LogP contribution in [-0.2, 0) is 28.6 Å². The maximum Gasteiger partial charge on any atom is 0.246 e. The highest BCUT2D eigenvalue weighted by atomic mass is 16.5. The zero-order chi connectivity index (χ0) is 16.6. The van der Waals surface area contributed by atoms with Crippen molar-refractivity contribution in [3.8, 4) is 0 Å².